The molecule has 0 spiro atoms. The number of amides is 3. The zero-order valence-corrected chi connectivity index (χ0v) is 17.4. The van der Waals surface area contributed by atoms with Gasteiger partial charge in [-0.1, -0.05) is 41.9 Å². The quantitative estimate of drug-likeness (QED) is 0.514. The van der Waals surface area contributed by atoms with E-state index in [1.54, 1.807) is 42.5 Å². The number of carbonyl (C=O) groups excluding carboxylic acids is 3. The van der Waals surface area contributed by atoms with E-state index in [9.17, 15) is 14.4 Å². The fourth-order valence-corrected chi connectivity index (χ4v) is 2.79. The van der Waals surface area contributed by atoms with Crippen LogP contribution in [0.15, 0.2) is 48.5 Å². The molecule has 2 rings (SSSR count). The van der Waals surface area contributed by atoms with Crippen molar-refractivity contribution >= 4 is 35.6 Å². The molecule has 0 aliphatic carbocycles. The first kappa shape index (κ1) is 22.8. The van der Waals surface area contributed by atoms with Crippen LogP contribution in [-0.4, -0.2) is 39.2 Å². The number of carbonyl (C=O) groups is 3. The Morgan fingerprint density at radius 2 is 1.77 bits per heavy atom. The predicted octanol–water partition coefficient (Wildman–Crippen LogP) is 3.11. The van der Waals surface area contributed by atoms with Crippen LogP contribution >= 0.6 is 11.6 Å². The maximum Gasteiger partial charge on any atom is 0.331 e. The summed E-state index contributed by atoms with van der Waals surface area (Å²) < 4.78 is 15.7. The van der Waals surface area contributed by atoms with Crippen LogP contribution in [0.1, 0.15) is 17.2 Å². The Bertz CT molecular complexity index is 946. The van der Waals surface area contributed by atoms with Crippen LogP contribution in [0.5, 0.6) is 11.5 Å². The van der Waals surface area contributed by atoms with Crippen molar-refractivity contribution in [2.45, 2.75) is 6.10 Å². The Kier molecular flexibility index (Phi) is 8.25. The van der Waals surface area contributed by atoms with Crippen LogP contribution in [0.3, 0.4) is 0 Å². The molecule has 8 nitrogen and oxygen atoms in total. The van der Waals surface area contributed by atoms with Crippen LogP contribution in [0.2, 0.25) is 5.02 Å². The van der Waals surface area contributed by atoms with E-state index in [4.69, 9.17) is 25.8 Å². The lowest BCUT2D eigenvalue weighted by Crippen LogP contribution is -2.41. The average Bonchev–Trinajstić information content (AvgIpc) is 2.75. The highest BCUT2D eigenvalue weighted by atomic mass is 35.5. The van der Waals surface area contributed by atoms with E-state index in [2.05, 4.69) is 10.6 Å². The number of nitrogens with one attached hydrogen (secondary N) is 2. The predicted molar refractivity (Wildman–Crippen MR) is 111 cm³/mol. The third-order valence-corrected chi connectivity index (χ3v) is 4.19. The van der Waals surface area contributed by atoms with Gasteiger partial charge in [0.25, 0.3) is 5.91 Å². The van der Waals surface area contributed by atoms with Crippen molar-refractivity contribution in [2.75, 3.05) is 21.3 Å². The van der Waals surface area contributed by atoms with Gasteiger partial charge in [-0.25, -0.2) is 9.59 Å². The second-order valence-corrected chi connectivity index (χ2v) is 6.27. The van der Waals surface area contributed by atoms with Gasteiger partial charge in [0, 0.05) is 18.7 Å². The van der Waals surface area contributed by atoms with Crippen LogP contribution in [-0.2, 0) is 14.3 Å². The van der Waals surface area contributed by atoms with Crippen LogP contribution < -0.4 is 20.1 Å². The first-order valence-corrected chi connectivity index (χ1v) is 9.15. The Balaban J connectivity index is 2.20. The van der Waals surface area contributed by atoms with E-state index in [1.165, 1.54) is 27.3 Å². The van der Waals surface area contributed by atoms with Gasteiger partial charge in [-0.3, -0.25) is 10.1 Å². The molecule has 2 aromatic carbocycles. The zero-order valence-electron chi connectivity index (χ0n) is 16.6. The van der Waals surface area contributed by atoms with Gasteiger partial charge in [-0.05, 0) is 23.8 Å². The third kappa shape index (κ3) is 5.99. The number of hydrogen-bond acceptors (Lipinski definition) is 6. The van der Waals surface area contributed by atoms with Gasteiger partial charge in [0.2, 0.25) is 6.10 Å². The van der Waals surface area contributed by atoms with Crippen molar-refractivity contribution in [3.63, 3.8) is 0 Å². The highest BCUT2D eigenvalue weighted by Crippen LogP contribution is 2.36. The summed E-state index contributed by atoms with van der Waals surface area (Å²) in [5.74, 6) is -0.808. The first-order chi connectivity index (χ1) is 14.4. The fourth-order valence-electron chi connectivity index (χ4n) is 2.49. The van der Waals surface area contributed by atoms with Gasteiger partial charge in [0.1, 0.15) is 0 Å². The molecule has 0 fully saturated rings. The van der Waals surface area contributed by atoms with Crippen molar-refractivity contribution < 1.29 is 28.6 Å². The van der Waals surface area contributed by atoms with Crippen molar-refractivity contribution in [3.8, 4) is 11.5 Å². The molecule has 0 heterocycles. The van der Waals surface area contributed by atoms with Gasteiger partial charge in [-0.2, -0.15) is 0 Å². The molecule has 2 aromatic rings. The number of ether oxygens (including phenoxy) is 3. The van der Waals surface area contributed by atoms with Crippen molar-refractivity contribution in [1.29, 1.82) is 0 Å². The van der Waals surface area contributed by atoms with E-state index in [0.717, 1.165) is 6.08 Å². The first-order valence-electron chi connectivity index (χ1n) is 8.77. The molecule has 158 valence electrons. The Morgan fingerprint density at radius 1 is 1.07 bits per heavy atom. The molecular formula is C21H21ClN2O6. The third-order valence-electron chi connectivity index (χ3n) is 3.91. The van der Waals surface area contributed by atoms with Gasteiger partial charge >= 0.3 is 12.0 Å². The van der Waals surface area contributed by atoms with Crippen molar-refractivity contribution in [1.82, 2.24) is 10.6 Å². The SMILES string of the molecule is CNC(=O)NC(=O)C(OC(=O)/C=C/c1cc(Cl)c(OC)c(OC)c1)c1ccccc1. The largest absolute Gasteiger partial charge is 0.493 e. The van der Waals surface area contributed by atoms with Crippen LogP contribution in [0.25, 0.3) is 6.08 Å². The number of urea groups is 1. The van der Waals surface area contributed by atoms with Crippen LogP contribution in [0, 0.1) is 0 Å². The molecule has 0 aliphatic heterocycles. The van der Waals surface area contributed by atoms with Gasteiger partial charge in [0.15, 0.2) is 11.5 Å². The molecule has 0 radical (unpaired) electrons. The maximum absolute atomic E-state index is 12.4. The molecule has 1 atom stereocenters. The maximum atomic E-state index is 12.4. The molecule has 9 heteroatoms. The van der Waals surface area contributed by atoms with Crippen LogP contribution in [0.4, 0.5) is 4.79 Å². The normalized spacial score (nSPS) is 11.5. The molecule has 0 saturated heterocycles. The van der Waals surface area contributed by atoms with Crippen molar-refractivity contribution in [2.24, 2.45) is 0 Å². The summed E-state index contributed by atoms with van der Waals surface area (Å²) in [5, 5.41) is 4.67. The second kappa shape index (κ2) is 10.9. The molecule has 0 aliphatic rings. The molecular weight excluding hydrogens is 412 g/mol. The number of hydrogen-bond donors (Lipinski definition) is 2. The zero-order chi connectivity index (χ0) is 22.1. The smallest absolute Gasteiger partial charge is 0.331 e. The highest BCUT2D eigenvalue weighted by Gasteiger charge is 2.25. The molecule has 0 aromatic heterocycles. The Labute approximate surface area is 178 Å². The molecule has 2 N–H and O–H groups in total. The molecule has 0 bridgehead atoms. The highest BCUT2D eigenvalue weighted by molar-refractivity contribution is 6.32. The van der Waals surface area contributed by atoms with E-state index >= 15 is 0 Å². The Hall–Kier alpha value is -3.52. The number of methoxy groups -OCH3 is 2. The van der Waals surface area contributed by atoms with E-state index in [1.807, 2.05) is 0 Å². The average molecular weight is 433 g/mol. The summed E-state index contributed by atoms with van der Waals surface area (Å²) in [6.45, 7) is 0. The lowest BCUT2D eigenvalue weighted by atomic mass is 10.1. The Morgan fingerprint density at radius 3 is 2.37 bits per heavy atom. The summed E-state index contributed by atoms with van der Waals surface area (Å²) in [6.07, 6.45) is 1.28. The topological polar surface area (TPSA) is 103 Å². The van der Waals surface area contributed by atoms with E-state index < -0.39 is 24.0 Å². The van der Waals surface area contributed by atoms with Gasteiger partial charge in [-0.15, -0.1) is 0 Å². The lowest BCUT2D eigenvalue weighted by Gasteiger charge is -2.16. The lowest BCUT2D eigenvalue weighted by molar-refractivity contribution is -0.151. The minimum atomic E-state index is -1.31. The van der Waals surface area contributed by atoms with Gasteiger partial charge in [0.05, 0.1) is 19.2 Å². The number of imide groups is 1. The van der Waals surface area contributed by atoms with E-state index in [-0.39, 0.29) is 0 Å². The van der Waals surface area contributed by atoms with Crippen molar-refractivity contribution in [3.05, 3.63) is 64.7 Å². The summed E-state index contributed by atoms with van der Waals surface area (Å²) in [4.78, 5) is 36.2. The van der Waals surface area contributed by atoms with Gasteiger partial charge < -0.3 is 19.5 Å². The summed E-state index contributed by atoms with van der Waals surface area (Å²) in [7, 11) is 4.29. The molecule has 0 saturated carbocycles. The number of benzene rings is 2. The van der Waals surface area contributed by atoms with E-state index in [0.29, 0.717) is 27.6 Å². The number of halogens is 1. The molecule has 1 unspecified atom stereocenters. The number of esters is 1. The molecule has 3 amide bonds. The fraction of sp³-hybridized carbons (Fsp3) is 0.190. The monoisotopic (exact) mass is 432 g/mol. The summed E-state index contributed by atoms with van der Waals surface area (Å²) in [5.41, 5.74) is 0.968. The summed E-state index contributed by atoms with van der Waals surface area (Å²) in [6, 6.07) is 10.8. The molecule has 30 heavy (non-hydrogen) atoms. The minimum absolute atomic E-state index is 0.303. The second-order valence-electron chi connectivity index (χ2n) is 5.87. The number of rotatable bonds is 7. The standard InChI is InChI=1S/C21H21ClN2O6/c1-23-21(27)24-20(26)18(14-7-5-4-6-8-14)30-17(25)10-9-13-11-15(22)19(29-3)16(12-13)28-2/h4-12,18H,1-3H3,(H2,23,24,26,27)/b10-9+. The minimum Gasteiger partial charge on any atom is -0.493 e. The summed E-state index contributed by atoms with van der Waals surface area (Å²) >= 11 is 6.15.